The highest BCUT2D eigenvalue weighted by Gasteiger charge is 2.11. The predicted molar refractivity (Wildman–Crippen MR) is 59.7 cm³/mol. The van der Waals surface area contributed by atoms with Crippen LogP contribution in [0.2, 0.25) is 0 Å². The number of hydrogen-bond acceptors (Lipinski definition) is 4. The van der Waals surface area contributed by atoms with Crippen LogP contribution >= 0.6 is 0 Å². The molecule has 0 N–H and O–H groups in total. The van der Waals surface area contributed by atoms with Crippen molar-refractivity contribution < 1.29 is 13.9 Å². The third-order valence-electron chi connectivity index (χ3n) is 2.16. The Hall–Kier alpha value is -2.54. The van der Waals surface area contributed by atoms with E-state index in [1.165, 1.54) is 6.26 Å². The zero-order valence-electron chi connectivity index (χ0n) is 8.92. The first-order valence-corrected chi connectivity index (χ1v) is 4.99. The Morgan fingerprint density at radius 2 is 2.06 bits per heavy atom. The minimum absolute atomic E-state index is 0.00846. The monoisotopic (exact) mass is 227 g/mol. The molecule has 0 aliphatic rings. The van der Waals surface area contributed by atoms with Crippen molar-refractivity contribution in [1.82, 2.24) is 0 Å². The summed E-state index contributed by atoms with van der Waals surface area (Å²) in [5, 5.41) is 8.35. The maximum Gasteiger partial charge on any atom is 0.228 e. The second-order valence-electron chi connectivity index (χ2n) is 3.28. The number of benzene rings is 1. The molecule has 0 saturated heterocycles. The average molecular weight is 227 g/mol. The maximum absolute atomic E-state index is 11.8. The highest BCUT2D eigenvalue weighted by Crippen LogP contribution is 2.15. The summed E-state index contributed by atoms with van der Waals surface area (Å²) in [4.78, 5) is 11.8. The number of nitrogens with zero attached hydrogens (tertiary/aromatic N) is 1. The molecule has 0 atom stereocenters. The second-order valence-corrected chi connectivity index (χ2v) is 3.28. The summed E-state index contributed by atoms with van der Waals surface area (Å²) in [6.07, 6.45) is 1.46. The van der Waals surface area contributed by atoms with E-state index in [4.69, 9.17) is 14.4 Å². The van der Waals surface area contributed by atoms with Gasteiger partial charge in [0, 0.05) is 5.56 Å². The lowest BCUT2D eigenvalue weighted by atomic mass is 10.1. The van der Waals surface area contributed by atoms with Crippen molar-refractivity contribution in [3.8, 4) is 11.8 Å². The summed E-state index contributed by atoms with van der Waals surface area (Å²) < 4.78 is 10.1. The lowest BCUT2D eigenvalue weighted by molar-refractivity contribution is 0.101. The first kappa shape index (κ1) is 11.0. The average Bonchev–Trinajstić information content (AvgIpc) is 2.90. The van der Waals surface area contributed by atoms with Gasteiger partial charge in [-0.2, -0.15) is 5.26 Å². The summed E-state index contributed by atoms with van der Waals surface area (Å²) in [5.74, 6) is 0.681. The van der Waals surface area contributed by atoms with Crippen LogP contribution in [-0.2, 0) is 0 Å². The topological polar surface area (TPSA) is 63.2 Å². The van der Waals surface area contributed by atoms with Crippen LogP contribution in [0.25, 0.3) is 0 Å². The van der Waals surface area contributed by atoms with Gasteiger partial charge in [-0.15, -0.1) is 0 Å². The lowest BCUT2D eigenvalue weighted by Crippen LogP contribution is -2.00. The molecule has 4 nitrogen and oxygen atoms in total. The normalized spacial score (nSPS) is 9.59. The number of ether oxygens (including phenoxy) is 1. The Bertz CT molecular complexity index is 535. The Labute approximate surface area is 98.0 Å². The van der Waals surface area contributed by atoms with Gasteiger partial charge >= 0.3 is 0 Å². The first-order valence-electron chi connectivity index (χ1n) is 4.99. The Morgan fingerprint density at radius 1 is 1.29 bits per heavy atom. The van der Waals surface area contributed by atoms with Crippen molar-refractivity contribution in [2.45, 2.75) is 0 Å². The maximum atomic E-state index is 11.8. The van der Waals surface area contributed by atoms with Crippen molar-refractivity contribution in [3.05, 3.63) is 54.0 Å². The fraction of sp³-hybridized carbons (Fsp3) is 0.0769. The van der Waals surface area contributed by atoms with E-state index in [1.54, 1.807) is 36.4 Å². The highest BCUT2D eigenvalue weighted by molar-refractivity contribution is 6.07. The number of furan rings is 1. The molecule has 84 valence electrons. The zero-order chi connectivity index (χ0) is 12.1. The van der Waals surface area contributed by atoms with Gasteiger partial charge in [0.15, 0.2) is 12.4 Å². The molecule has 1 heterocycles. The SMILES string of the molecule is N#CCOc1ccc(C(=O)c2ccco2)cc1. The number of rotatable bonds is 4. The van der Waals surface area contributed by atoms with Crippen LogP contribution in [0.3, 0.4) is 0 Å². The van der Waals surface area contributed by atoms with E-state index in [0.717, 1.165) is 0 Å². The predicted octanol–water partition coefficient (Wildman–Crippen LogP) is 2.41. The number of nitriles is 1. The molecule has 1 aromatic heterocycles. The van der Waals surface area contributed by atoms with Crippen molar-refractivity contribution in [2.24, 2.45) is 0 Å². The fourth-order valence-electron chi connectivity index (χ4n) is 1.37. The number of carbonyl (C=O) groups is 1. The standard InChI is InChI=1S/C13H9NO3/c14-7-9-16-11-5-3-10(4-6-11)13(15)12-2-1-8-17-12/h1-6,8H,9H2. The molecule has 17 heavy (non-hydrogen) atoms. The lowest BCUT2D eigenvalue weighted by Gasteiger charge is -2.02. The molecule has 0 saturated carbocycles. The minimum atomic E-state index is -0.179. The van der Waals surface area contributed by atoms with Gasteiger partial charge in [0.25, 0.3) is 0 Å². The van der Waals surface area contributed by atoms with Gasteiger partial charge in [-0.05, 0) is 36.4 Å². The van der Waals surface area contributed by atoms with Crippen LogP contribution in [0.5, 0.6) is 5.75 Å². The number of ketones is 1. The Balaban J connectivity index is 2.13. The summed E-state index contributed by atoms with van der Waals surface area (Å²) >= 11 is 0. The molecule has 0 radical (unpaired) electrons. The molecule has 0 aliphatic carbocycles. The van der Waals surface area contributed by atoms with Crippen molar-refractivity contribution in [3.63, 3.8) is 0 Å². The molecule has 1 aromatic carbocycles. The largest absolute Gasteiger partial charge is 0.479 e. The van der Waals surface area contributed by atoms with Crippen LogP contribution in [-0.4, -0.2) is 12.4 Å². The summed E-state index contributed by atoms with van der Waals surface area (Å²) in [6, 6.07) is 11.7. The number of hydrogen-bond donors (Lipinski definition) is 0. The van der Waals surface area contributed by atoms with Gasteiger partial charge in [-0.25, -0.2) is 0 Å². The van der Waals surface area contributed by atoms with E-state index in [1.807, 2.05) is 6.07 Å². The van der Waals surface area contributed by atoms with Crippen molar-refractivity contribution in [2.75, 3.05) is 6.61 Å². The summed E-state index contributed by atoms with van der Waals surface area (Å²) in [5.41, 5.74) is 0.518. The molecule has 0 bridgehead atoms. The van der Waals surface area contributed by atoms with E-state index < -0.39 is 0 Å². The Morgan fingerprint density at radius 3 is 2.65 bits per heavy atom. The molecule has 0 unspecified atom stereocenters. The quantitative estimate of drug-likeness (QED) is 0.752. The second kappa shape index (κ2) is 4.99. The number of carbonyl (C=O) groups excluding carboxylic acids is 1. The van der Waals surface area contributed by atoms with Crippen LogP contribution in [0.15, 0.2) is 47.1 Å². The van der Waals surface area contributed by atoms with E-state index in [9.17, 15) is 4.79 Å². The van der Waals surface area contributed by atoms with E-state index in [2.05, 4.69) is 0 Å². The van der Waals surface area contributed by atoms with Crippen LogP contribution in [0, 0.1) is 11.3 Å². The van der Waals surface area contributed by atoms with Crippen LogP contribution in [0.1, 0.15) is 16.1 Å². The van der Waals surface area contributed by atoms with E-state index >= 15 is 0 Å². The van der Waals surface area contributed by atoms with Crippen molar-refractivity contribution in [1.29, 1.82) is 5.26 Å². The highest BCUT2D eigenvalue weighted by atomic mass is 16.5. The molecule has 2 aromatic rings. The van der Waals surface area contributed by atoms with Gasteiger partial charge in [0.05, 0.1) is 6.26 Å². The third kappa shape index (κ3) is 2.52. The molecular weight excluding hydrogens is 218 g/mol. The van der Waals surface area contributed by atoms with Crippen molar-refractivity contribution >= 4 is 5.78 Å². The fourth-order valence-corrected chi connectivity index (χ4v) is 1.37. The van der Waals surface area contributed by atoms with Gasteiger partial charge in [0.1, 0.15) is 11.8 Å². The van der Waals surface area contributed by atoms with Gasteiger partial charge in [-0.3, -0.25) is 4.79 Å². The van der Waals surface area contributed by atoms with Gasteiger partial charge in [0.2, 0.25) is 5.78 Å². The first-order chi connectivity index (χ1) is 8.31. The molecular formula is C13H9NO3. The molecule has 0 amide bonds. The van der Waals surface area contributed by atoms with E-state index in [-0.39, 0.29) is 12.4 Å². The third-order valence-corrected chi connectivity index (χ3v) is 2.16. The van der Waals surface area contributed by atoms with Crippen LogP contribution in [0.4, 0.5) is 0 Å². The zero-order valence-corrected chi connectivity index (χ0v) is 8.92. The van der Waals surface area contributed by atoms with Gasteiger partial charge < -0.3 is 9.15 Å². The molecule has 0 spiro atoms. The summed E-state index contributed by atoms with van der Waals surface area (Å²) in [7, 11) is 0. The molecule has 2 rings (SSSR count). The van der Waals surface area contributed by atoms with E-state index in [0.29, 0.717) is 17.1 Å². The smallest absolute Gasteiger partial charge is 0.228 e. The minimum Gasteiger partial charge on any atom is -0.479 e. The molecule has 0 fully saturated rings. The molecule has 0 aliphatic heterocycles. The molecule has 4 heteroatoms. The Kier molecular flexibility index (Phi) is 3.22. The van der Waals surface area contributed by atoms with Crippen LogP contribution < -0.4 is 4.74 Å². The summed E-state index contributed by atoms with van der Waals surface area (Å²) in [6.45, 7) is -0.00846. The van der Waals surface area contributed by atoms with Gasteiger partial charge in [-0.1, -0.05) is 0 Å².